The van der Waals surface area contributed by atoms with E-state index in [4.69, 9.17) is 5.73 Å². The van der Waals surface area contributed by atoms with Crippen molar-refractivity contribution in [3.63, 3.8) is 0 Å². The lowest BCUT2D eigenvalue weighted by molar-refractivity contribution is -0.139. The Labute approximate surface area is 179 Å². The summed E-state index contributed by atoms with van der Waals surface area (Å²) < 4.78 is 0. The molecule has 3 unspecified atom stereocenters. The topological polar surface area (TPSA) is 113 Å². The molecule has 0 spiro atoms. The first-order valence-corrected chi connectivity index (χ1v) is 11.0. The smallest absolute Gasteiger partial charge is 0.245 e. The van der Waals surface area contributed by atoms with Gasteiger partial charge in [0, 0.05) is 25.3 Å². The monoisotopic (exact) mass is 417 g/mol. The van der Waals surface area contributed by atoms with Gasteiger partial charge in [-0.05, 0) is 24.8 Å². The van der Waals surface area contributed by atoms with Crippen LogP contribution in [0.15, 0.2) is 30.3 Å². The summed E-state index contributed by atoms with van der Waals surface area (Å²) in [7, 11) is 0. The van der Waals surface area contributed by atoms with Gasteiger partial charge < -0.3 is 21.1 Å². The number of benzene rings is 1. The molecule has 0 aliphatic carbocycles. The third-order valence-electron chi connectivity index (χ3n) is 5.74. The van der Waals surface area contributed by atoms with Gasteiger partial charge in [-0.2, -0.15) is 0 Å². The fraction of sp³-hybridized carbons (Fsp3) is 0.609. The van der Waals surface area contributed by atoms with Crippen LogP contribution in [0.3, 0.4) is 0 Å². The highest BCUT2D eigenvalue weighted by atomic mass is 16.3. The van der Waals surface area contributed by atoms with Crippen LogP contribution in [0.5, 0.6) is 0 Å². The van der Waals surface area contributed by atoms with Crippen LogP contribution in [0.2, 0.25) is 0 Å². The number of primary amides is 1. The zero-order chi connectivity index (χ0) is 21.9. The lowest BCUT2D eigenvalue weighted by Gasteiger charge is -2.29. The van der Waals surface area contributed by atoms with E-state index >= 15 is 0 Å². The van der Waals surface area contributed by atoms with Gasteiger partial charge in [0.05, 0.1) is 12.6 Å². The predicted molar refractivity (Wildman–Crippen MR) is 115 cm³/mol. The molecule has 0 bridgehead atoms. The second kappa shape index (κ2) is 12.3. The van der Waals surface area contributed by atoms with E-state index in [-0.39, 0.29) is 30.9 Å². The molecule has 1 aliphatic rings. The third kappa shape index (κ3) is 7.13. The van der Waals surface area contributed by atoms with Crippen LogP contribution < -0.4 is 11.1 Å². The summed E-state index contributed by atoms with van der Waals surface area (Å²) in [5.74, 6) is -1.54. The lowest BCUT2D eigenvalue weighted by atomic mass is 9.95. The number of hydrogen-bond acceptors (Lipinski definition) is 4. The van der Waals surface area contributed by atoms with Gasteiger partial charge in [0.2, 0.25) is 17.7 Å². The van der Waals surface area contributed by atoms with Gasteiger partial charge in [-0.15, -0.1) is 0 Å². The van der Waals surface area contributed by atoms with Gasteiger partial charge >= 0.3 is 0 Å². The van der Waals surface area contributed by atoms with Gasteiger partial charge in [0.1, 0.15) is 6.04 Å². The molecule has 7 nitrogen and oxygen atoms in total. The number of nitrogens with one attached hydrogen (secondary N) is 1. The Morgan fingerprint density at radius 3 is 2.60 bits per heavy atom. The minimum atomic E-state index is -0.742. The summed E-state index contributed by atoms with van der Waals surface area (Å²) in [6.07, 6.45) is 5.32. The molecule has 3 atom stereocenters. The van der Waals surface area contributed by atoms with Crippen LogP contribution in [0.4, 0.5) is 0 Å². The number of nitrogens with zero attached hydrogens (tertiary/aromatic N) is 1. The Morgan fingerprint density at radius 2 is 1.97 bits per heavy atom. The summed E-state index contributed by atoms with van der Waals surface area (Å²) in [5.41, 5.74) is 6.30. The summed E-state index contributed by atoms with van der Waals surface area (Å²) in [4.78, 5) is 39.4. The molecule has 2 rings (SSSR count). The zero-order valence-corrected chi connectivity index (χ0v) is 17.9. The molecule has 1 saturated heterocycles. The standard InChI is InChI=1S/C23H35N3O4/c1-2-3-5-11-18(15-21(24)28)22(29)25-20(14-17-9-6-4-7-10-17)23(30)26-13-8-12-19(26)16-27/h4,6-7,9-10,18-20,27H,2-3,5,8,11-16H2,1H3,(H2,24,28)(H,25,29). The van der Waals surface area contributed by atoms with Crippen LogP contribution in [0, 0.1) is 5.92 Å². The number of hydrogen-bond donors (Lipinski definition) is 3. The normalized spacial score (nSPS) is 18.1. The molecular formula is C23H35N3O4. The zero-order valence-electron chi connectivity index (χ0n) is 17.9. The van der Waals surface area contributed by atoms with E-state index in [1.54, 1.807) is 4.90 Å². The van der Waals surface area contributed by atoms with Gasteiger partial charge in [0.15, 0.2) is 0 Å². The van der Waals surface area contributed by atoms with E-state index in [9.17, 15) is 19.5 Å². The van der Waals surface area contributed by atoms with E-state index in [1.807, 2.05) is 30.3 Å². The molecule has 30 heavy (non-hydrogen) atoms. The molecular weight excluding hydrogens is 382 g/mol. The molecule has 166 valence electrons. The SMILES string of the molecule is CCCCCC(CC(N)=O)C(=O)NC(Cc1ccccc1)C(=O)N1CCCC1CO. The van der Waals surface area contributed by atoms with Crippen LogP contribution in [0.1, 0.15) is 57.4 Å². The first-order chi connectivity index (χ1) is 14.5. The maximum absolute atomic E-state index is 13.3. The predicted octanol–water partition coefficient (Wildman–Crippen LogP) is 1.77. The lowest BCUT2D eigenvalue weighted by Crippen LogP contribution is -2.53. The van der Waals surface area contributed by atoms with Crippen LogP contribution in [-0.2, 0) is 20.8 Å². The Balaban J connectivity index is 2.16. The van der Waals surface area contributed by atoms with Gasteiger partial charge in [0.25, 0.3) is 0 Å². The second-order valence-electron chi connectivity index (χ2n) is 8.12. The van der Waals surface area contributed by atoms with E-state index in [2.05, 4.69) is 12.2 Å². The number of aliphatic hydroxyl groups is 1. The van der Waals surface area contributed by atoms with Gasteiger partial charge in [-0.25, -0.2) is 0 Å². The molecule has 3 amide bonds. The van der Waals surface area contributed by atoms with E-state index < -0.39 is 17.9 Å². The minimum Gasteiger partial charge on any atom is -0.394 e. The first kappa shape index (κ1) is 23.9. The number of unbranched alkanes of at least 4 members (excludes halogenated alkanes) is 2. The van der Waals surface area contributed by atoms with Crippen molar-refractivity contribution < 1.29 is 19.5 Å². The summed E-state index contributed by atoms with van der Waals surface area (Å²) in [6.45, 7) is 2.57. The molecule has 1 aliphatic heterocycles. The van der Waals surface area contributed by atoms with Crippen LogP contribution in [0.25, 0.3) is 0 Å². The van der Waals surface area contributed by atoms with Crippen molar-refractivity contribution in [2.24, 2.45) is 11.7 Å². The molecule has 0 aromatic heterocycles. The molecule has 1 aromatic rings. The number of aliphatic hydroxyl groups excluding tert-OH is 1. The average molecular weight is 418 g/mol. The van der Waals surface area contributed by atoms with Crippen molar-refractivity contribution in [2.75, 3.05) is 13.2 Å². The Bertz CT molecular complexity index is 695. The van der Waals surface area contributed by atoms with E-state index in [0.29, 0.717) is 19.4 Å². The summed E-state index contributed by atoms with van der Waals surface area (Å²) >= 11 is 0. The number of rotatable bonds is 12. The maximum Gasteiger partial charge on any atom is 0.245 e. The van der Waals surface area contributed by atoms with Gasteiger partial charge in [-0.1, -0.05) is 56.5 Å². The second-order valence-corrected chi connectivity index (χ2v) is 8.12. The minimum absolute atomic E-state index is 0.0230. The fourth-order valence-corrected chi connectivity index (χ4v) is 4.06. The number of likely N-dealkylation sites (tertiary alicyclic amines) is 1. The number of amides is 3. The van der Waals surface area contributed by atoms with Crippen LogP contribution in [-0.4, -0.2) is 53.0 Å². The molecule has 0 radical (unpaired) electrons. The quantitative estimate of drug-likeness (QED) is 0.450. The number of nitrogens with two attached hydrogens (primary N) is 1. The largest absolute Gasteiger partial charge is 0.394 e. The Morgan fingerprint density at radius 1 is 1.23 bits per heavy atom. The molecule has 4 N–H and O–H groups in total. The summed E-state index contributed by atoms with van der Waals surface area (Å²) in [6, 6.07) is 8.58. The van der Waals surface area contributed by atoms with Gasteiger partial charge in [-0.3, -0.25) is 14.4 Å². The Kier molecular flexibility index (Phi) is 9.80. The summed E-state index contributed by atoms with van der Waals surface area (Å²) in [5, 5.41) is 12.5. The molecule has 0 saturated carbocycles. The number of carbonyl (C=O) groups excluding carboxylic acids is 3. The first-order valence-electron chi connectivity index (χ1n) is 11.0. The van der Waals surface area contributed by atoms with E-state index in [0.717, 1.165) is 37.7 Å². The van der Waals surface area contributed by atoms with Crippen molar-refractivity contribution in [3.05, 3.63) is 35.9 Å². The molecule has 7 heteroatoms. The van der Waals surface area contributed by atoms with Crippen LogP contribution >= 0.6 is 0 Å². The van der Waals surface area contributed by atoms with Crippen molar-refractivity contribution in [1.29, 1.82) is 0 Å². The van der Waals surface area contributed by atoms with Crippen molar-refractivity contribution in [2.45, 2.75) is 70.4 Å². The van der Waals surface area contributed by atoms with Crippen molar-refractivity contribution in [1.82, 2.24) is 10.2 Å². The third-order valence-corrected chi connectivity index (χ3v) is 5.74. The molecule has 1 fully saturated rings. The Hall–Kier alpha value is -2.41. The highest BCUT2D eigenvalue weighted by Gasteiger charge is 2.34. The highest BCUT2D eigenvalue weighted by Crippen LogP contribution is 2.20. The average Bonchev–Trinajstić information content (AvgIpc) is 3.21. The van der Waals surface area contributed by atoms with E-state index in [1.165, 1.54) is 0 Å². The molecule has 1 aromatic carbocycles. The van der Waals surface area contributed by atoms with Crippen molar-refractivity contribution >= 4 is 17.7 Å². The highest BCUT2D eigenvalue weighted by molar-refractivity contribution is 5.90. The fourth-order valence-electron chi connectivity index (χ4n) is 4.06. The molecule has 1 heterocycles. The van der Waals surface area contributed by atoms with Crippen molar-refractivity contribution in [3.8, 4) is 0 Å². The number of carbonyl (C=O) groups is 3. The maximum atomic E-state index is 13.3.